The zero-order chi connectivity index (χ0) is 11.8. The van der Waals surface area contributed by atoms with Crippen molar-refractivity contribution in [2.24, 2.45) is 0 Å². The summed E-state index contributed by atoms with van der Waals surface area (Å²) in [6, 6.07) is 10.6. The van der Waals surface area contributed by atoms with Crippen LogP contribution in [0.1, 0.15) is 0 Å². The first kappa shape index (κ1) is 18.2. The molecular weight excluding hydrogens is 391 g/mol. The van der Waals surface area contributed by atoms with Crippen LogP contribution in [0.5, 0.6) is 0 Å². The Kier molecular flexibility index (Phi) is 7.18. The molecule has 1 radical (unpaired) electrons. The molecule has 2 rings (SSSR count). The van der Waals surface area contributed by atoms with Gasteiger partial charge in [0.05, 0.1) is 4.90 Å². The number of nitrogens with zero attached hydrogens (tertiary/aromatic N) is 1. The van der Waals surface area contributed by atoms with Gasteiger partial charge in [0.2, 0.25) is 0 Å². The van der Waals surface area contributed by atoms with Crippen molar-refractivity contribution >= 4 is 36.7 Å². The maximum Gasteiger partial charge on any atom is 0.101 e. The molecule has 3 nitrogen and oxygen atoms in total. The summed E-state index contributed by atoms with van der Waals surface area (Å²) < 4.78 is 27.8. The Morgan fingerprint density at radius 2 is 1.61 bits per heavy atom. The van der Waals surface area contributed by atoms with Gasteiger partial charge in [0.1, 0.15) is 10.0 Å². The third-order valence-electron chi connectivity index (χ3n) is 2.35. The molecule has 6 heteroatoms. The zero-order valence-corrected chi connectivity index (χ0v) is 15.3. The van der Waals surface area contributed by atoms with E-state index in [0.717, 1.165) is 9.86 Å². The van der Waals surface area contributed by atoms with Gasteiger partial charge in [-0.3, -0.25) is 0 Å². The fraction of sp³-hybridized carbons (Fsp3) is 0.0833. The van der Waals surface area contributed by atoms with Crippen LogP contribution >= 0.6 is 15.9 Å². The molecule has 0 heterocycles. The molecule has 0 saturated heterocycles. The average molecular weight is 403 g/mol. The predicted octanol–water partition coefficient (Wildman–Crippen LogP) is 3.74. The topological polar surface area (TPSA) is 48.2 Å². The summed E-state index contributed by atoms with van der Waals surface area (Å²) in [4.78, 5) is 0.244. The smallest absolute Gasteiger partial charge is 0.101 e. The van der Waals surface area contributed by atoms with Crippen molar-refractivity contribution in [2.45, 2.75) is 4.90 Å². The first-order valence-corrected chi connectivity index (χ1v) is 6.83. The third kappa shape index (κ3) is 3.39. The molecule has 0 bridgehead atoms. The van der Waals surface area contributed by atoms with Crippen molar-refractivity contribution in [3.05, 3.63) is 53.0 Å². The van der Waals surface area contributed by atoms with Gasteiger partial charge < -0.3 is 12.1 Å². The van der Waals surface area contributed by atoms with Crippen molar-refractivity contribution in [1.29, 1.82) is 0 Å². The molecule has 0 spiro atoms. The Hall–Kier alpha value is 0.194. The molecular formula is C12H12BrNO2SY-2. The van der Waals surface area contributed by atoms with Crippen LogP contribution < -0.4 is 0 Å². The summed E-state index contributed by atoms with van der Waals surface area (Å²) >= 11 is 3.39. The minimum absolute atomic E-state index is 0. The monoisotopic (exact) mass is 402 g/mol. The van der Waals surface area contributed by atoms with Gasteiger partial charge >= 0.3 is 0 Å². The molecule has 95 valence electrons. The summed E-state index contributed by atoms with van der Waals surface area (Å²) in [6.07, 6.45) is 0. The van der Waals surface area contributed by atoms with Gasteiger partial charge in [-0.25, -0.2) is 8.42 Å². The summed E-state index contributed by atoms with van der Waals surface area (Å²) in [5, 5.41) is 1.55. The number of halogens is 1. The average Bonchev–Trinajstić information content (AvgIpc) is 2.29. The van der Waals surface area contributed by atoms with Crippen LogP contribution in [0.25, 0.3) is 15.5 Å². The van der Waals surface area contributed by atoms with Crippen molar-refractivity contribution in [3.8, 4) is 0 Å². The molecule has 0 fully saturated rings. The van der Waals surface area contributed by atoms with Gasteiger partial charge in [-0.1, -0.05) is 40.2 Å². The molecule has 2 aromatic rings. The van der Waals surface area contributed by atoms with Crippen LogP contribution in [0.2, 0.25) is 0 Å². The Morgan fingerprint density at radius 3 is 2.22 bits per heavy atom. The molecule has 0 aliphatic heterocycles. The minimum atomic E-state index is -3.54. The number of rotatable bonds is 2. The molecule has 2 aromatic carbocycles. The third-order valence-corrected chi connectivity index (χ3v) is 4.43. The second-order valence-corrected chi connectivity index (χ2v) is 5.86. The maximum absolute atomic E-state index is 11.7. The van der Waals surface area contributed by atoms with Gasteiger partial charge in [-0.05, 0) is 22.9 Å². The Balaban J connectivity index is 0.00000144. The van der Waals surface area contributed by atoms with Crippen LogP contribution in [0.4, 0.5) is 0 Å². The number of hydrogen-bond acceptors (Lipinski definition) is 2. The second-order valence-electron chi connectivity index (χ2n) is 3.25. The van der Waals surface area contributed by atoms with Gasteiger partial charge in [-0.2, -0.15) is 7.05 Å². The van der Waals surface area contributed by atoms with Crippen molar-refractivity contribution in [2.75, 3.05) is 7.05 Å². The first-order valence-electron chi connectivity index (χ1n) is 4.59. The normalized spacial score (nSPS) is 10.6. The molecule has 0 aromatic heterocycles. The number of benzene rings is 2. The van der Waals surface area contributed by atoms with E-state index in [1.807, 2.05) is 12.1 Å². The molecule has 0 aliphatic carbocycles. The molecule has 0 saturated carbocycles. The SMILES string of the molecule is C[N-]S(=O)(=O)c1cccc2c(Br)cccc12.[CH3-].[Y]. The Labute approximate surface area is 141 Å². The van der Waals surface area contributed by atoms with Crippen molar-refractivity contribution < 1.29 is 41.1 Å². The molecule has 0 atom stereocenters. The first-order chi connectivity index (χ1) is 7.56. The zero-order valence-electron chi connectivity index (χ0n) is 10.1. The van der Waals surface area contributed by atoms with Gasteiger partial charge in [0, 0.05) is 37.2 Å². The van der Waals surface area contributed by atoms with E-state index in [0.29, 0.717) is 5.39 Å². The molecule has 0 unspecified atom stereocenters. The summed E-state index contributed by atoms with van der Waals surface area (Å²) in [7, 11) is -2.25. The fourth-order valence-corrected chi connectivity index (χ4v) is 2.97. The quantitative estimate of drug-likeness (QED) is 0.718. The summed E-state index contributed by atoms with van der Waals surface area (Å²) in [5.74, 6) is 0. The van der Waals surface area contributed by atoms with E-state index >= 15 is 0 Å². The van der Waals surface area contributed by atoms with Crippen molar-refractivity contribution in [3.63, 3.8) is 0 Å². The Morgan fingerprint density at radius 1 is 1.06 bits per heavy atom. The van der Waals surface area contributed by atoms with Crippen LogP contribution in [-0.4, -0.2) is 15.5 Å². The van der Waals surface area contributed by atoms with Crippen LogP contribution in [0, 0.1) is 7.43 Å². The van der Waals surface area contributed by atoms with E-state index in [9.17, 15) is 8.42 Å². The van der Waals surface area contributed by atoms with Crippen LogP contribution in [0.15, 0.2) is 45.8 Å². The second kappa shape index (κ2) is 7.10. The van der Waals surface area contributed by atoms with Crippen LogP contribution in [0.3, 0.4) is 0 Å². The summed E-state index contributed by atoms with van der Waals surface area (Å²) in [5.41, 5.74) is 0. The van der Waals surface area contributed by atoms with Gasteiger partial charge in [0.25, 0.3) is 0 Å². The van der Waals surface area contributed by atoms with E-state index < -0.39 is 10.0 Å². The standard InChI is InChI=1S/C11H9BrNO2S.CH3.Y/c1-13-16(14,15)11-7-3-4-8-9(11)5-2-6-10(8)12;;/h2-7H,1H3;1H3;/q2*-1;. The van der Waals surface area contributed by atoms with E-state index in [-0.39, 0.29) is 45.0 Å². The fourth-order valence-electron chi connectivity index (χ4n) is 1.57. The summed E-state index contributed by atoms with van der Waals surface area (Å²) in [6.45, 7) is 0. The molecule has 0 amide bonds. The van der Waals surface area contributed by atoms with E-state index in [1.165, 1.54) is 7.05 Å². The van der Waals surface area contributed by atoms with Gasteiger partial charge in [-0.15, -0.1) is 0 Å². The number of sulfonamides is 1. The molecule has 0 aliphatic rings. The van der Waals surface area contributed by atoms with Gasteiger partial charge in [0.15, 0.2) is 0 Å². The van der Waals surface area contributed by atoms with E-state index in [4.69, 9.17) is 0 Å². The van der Waals surface area contributed by atoms with E-state index in [2.05, 4.69) is 20.7 Å². The van der Waals surface area contributed by atoms with Crippen molar-refractivity contribution in [1.82, 2.24) is 0 Å². The Bertz CT molecular complexity index is 644. The minimum Gasteiger partial charge on any atom is -0.547 e. The predicted molar refractivity (Wildman–Crippen MR) is 74.5 cm³/mol. The largest absolute Gasteiger partial charge is 0.547 e. The maximum atomic E-state index is 11.7. The molecule has 18 heavy (non-hydrogen) atoms. The number of fused-ring (bicyclic) bond motifs is 1. The number of hydrogen-bond donors (Lipinski definition) is 0. The van der Waals surface area contributed by atoms with E-state index in [1.54, 1.807) is 24.3 Å². The van der Waals surface area contributed by atoms with Crippen LogP contribution in [-0.2, 0) is 42.7 Å². The molecule has 0 N–H and O–H groups in total.